The predicted molar refractivity (Wildman–Crippen MR) is 84.7 cm³/mol. The zero-order valence-electron chi connectivity index (χ0n) is 14.2. The summed E-state index contributed by atoms with van der Waals surface area (Å²) in [7, 11) is 4.57. The van der Waals surface area contributed by atoms with Crippen LogP contribution in [0.3, 0.4) is 0 Å². The molecule has 0 aliphatic heterocycles. The predicted octanol–water partition coefficient (Wildman–Crippen LogP) is 2.99. The van der Waals surface area contributed by atoms with Crippen molar-refractivity contribution in [2.45, 2.75) is 26.2 Å². The molecule has 2 aromatic rings. The molecule has 0 N–H and O–H groups in total. The molecule has 0 aliphatic carbocycles. The van der Waals surface area contributed by atoms with Gasteiger partial charge in [-0.2, -0.15) is 0 Å². The molecule has 0 saturated carbocycles. The van der Waals surface area contributed by atoms with E-state index in [9.17, 15) is 0 Å². The van der Waals surface area contributed by atoms with Crippen LogP contribution in [0.25, 0.3) is 0 Å². The zero-order valence-corrected chi connectivity index (χ0v) is 14.2. The minimum Gasteiger partial charge on any atom is -0.496 e. The summed E-state index contributed by atoms with van der Waals surface area (Å²) in [5, 5.41) is 0. The average Bonchev–Trinajstić information content (AvgIpc) is 2.53. The Labute approximate surface area is 135 Å². The third-order valence-electron chi connectivity index (χ3n) is 3.13. The van der Waals surface area contributed by atoms with E-state index in [2.05, 4.69) is 35.7 Å². The van der Waals surface area contributed by atoms with Gasteiger partial charge in [-0.15, -0.1) is 15.0 Å². The molecule has 0 saturated heterocycles. The molecule has 124 valence electrons. The van der Waals surface area contributed by atoms with Crippen LogP contribution in [0.15, 0.2) is 18.2 Å². The summed E-state index contributed by atoms with van der Waals surface area (Å²) in [5.74, 6) is 1.39. The lowest BCUT2D eigenvalue weighted by Crippen LogP contribution is -2.13. The molecule has 1 aromatic carbocycles. The Hall–Kier alpha value is -2.57. The highest BCUT2D eigenvalue weighted by Crippen LogP contribution is 2.35. The third kappa shape index (κ3) is 4.00. The number of hydrogen-bond acceptors (Lipinski definition) is 7. The normalized spacial score (nSPS) is 11.0. The van der Waals surface area contributed by atoms with Crippen molar-refractivity contribution in [3.8, 4) is 29.5 Å². The summed E-state index contributed by atoms with van der Waals surface area (Å²) in [6.45, 7) is 6.30. The van der Waals surface area contributed by atoms with Gasteiger partial charge in [-0.3, -0.25) is 0 Å². The molecule has 0 bridgehead atoms. The Bertz CT molecular complexity index is 661. The van der Waals surface area contributed by atoms with E-state index in [4.69, 9.17) is 18.9 Å². The van der Waals surface area contributed by atoms with Gasteiger partial charge in [-0.05, 0) is 23.6 Å². The number of hydrogen-bond donors (Lipinski definition) is 0. The minimum atomic E-state index is -0.0980. The third-order valence-corrected chi connectivity index (χ3v) is 3.13. The van der Waals surface area contributed by atoms with Crippen LogP contribution in [-0.2, 0) is 5.41 Å². The summed E-state index contributed by atoms with van der Waals surface area (Å²) in [6.07, 6.45) is 0. The van der Waals surface area contributed by atoms with Crippen molar-refractivity contribution in [2.75, 3.05) is 21.3 Å². The lowest BCUT2D eigenvalue weighted by Gasteiger charge is -2.22. The van der Waals surface area contributed by atoms with E-state index in [0.717, 1.165) is 11.3 Å². The van der Waals surface area contributed by atoms with E-state index >= 15 is 0 Å². The lowest BCUT2D eigenvalue weighted by atomic mass is 9.86. The van der Waals surface area contributed by atoms with Crippen molar-refractivity contribution >= 4 is 0 Å². The smallest absolute Gasteiger partial charge is 0.331 e. The molecular formula is C16H21N3O4. The van der Waals surface area contributed by atoms with Crippen LogP contribution in [0.4, 0.5) is 0 Å². The van der Waals surface area contributed by atoms with Gasteiger partial charge in [-0.25, -0.2) is 0 Å². The first-order valence-electron chi connectivity index (χ1n) is 7.08. The Morgan fingerprint density at radius 1 is 0.783 bits per heavy atom. The Morgan fingerprint density at radius 2 is 1.35 bits per heavy atom. The fourth-order valence-electron chi connectivity index (χ4n) is 1.99. The standard InChI is InChI=1S/C16H21N3O4/c1-16(2,3)11-9-10(7-8-12(11)20-4)23-15-18-13(21-5)17-14(19-15)22-6/h7-9H,1-6H3. The summed E-state index contributed by atoms with van der Waals surface area (Å²) >= 11 is 0. The molecule has 1 heterocycles. The number of nitrogens with zero attached hydrogens (tertiary/aromatic N) is 3. The summed E-state index contributed by atoms with van der Waals surface area (Å²) in [4.78, 5) is 12.0. The molecule has 0 fully saturated rings. The van der Waals surface area contributed by atoms with Crippen LogP contribution in [0, 0.1) is 0 Å². The Morgan fingerprint density at radius 3 is 1.83 bits per heavy atom. The van der Waals surface area contributed by atoms with E-state index in [1.165, 1.54) is 14.2 Å². The molecule has 23 heavy (non-hydrogen) atoms. The summed E-state index contributed by atoms with van der Waals surface area (Å²) in [6, 6.07) is 5.88. The highest BCUT2D eigenvalue weighted by molar-refractivity contribution is 5.44. The number of benzene rings is 1. The van der Waals surface area contributed by atoms with Gasteiger partial charge in [0.15, 0.2) is 0 Å². The van der Waals surface area contributed by atoms with Crippen LogP contribution >= 0.6 is 0 Å². The number of methoxy groups -OCH3 is 3. The van der Waals surface area contributed by atoms with Crippen molar-refractivity contribution in [3.63, 3.8) is 0 Å². The lowest BCUT2D eigenvalue weighted by molar-refractivity contribution is 0.320. The molecule has 0 unspecified atom stereocenters. The second-order valence-electron chi connectivity index (χ2n) is 5.81. The molecule has 0 atom stereocenters. The van der Waals surface area contributed by atoms with Gasteiger partial charge in [0, 0.05) is 5.56 Å². The quantitative estimate of drug-likeness (QED) is 0.838. The maximum Gasteiger partial charge on any atom is 0.331 e. The van der Waals surface area contributed by atoms with Gasteiger partial charge in [0.05, 0.1) is 21.3 Å². The van der Waals surface area contributed by atoms with Crippen LogP contribution in [0.2, 0.25) is 0 Å². The van der Waals surface area contributed by atoms with Crippen molar-refractivity contribution in [2.24, 2.45) is 0 Å². The van der Waals surface area contributed by atoms with E-state index in [1.807, 2.05) is 12.1 Å². The van der Waals surface area contributed by atoms with Crippen molar-refractivity contribution < 1.29 is 18.9 Å². The second-order valence-corrected chi connectivity index (χ2v) is 5.81. The van der Waals surface area contributed by atoms with Crippen molar-refractivity contribution in [1.82, 2.24) is 15.0 Å². The summed E-state index contributed by atoms with van der Waals surface area (Å²) < 4.78 is 21.1. The highest BCUT2D eigenvalue weighted by atomic mass is 16.5. The molecule has 0 spiro atoms. The van der Waals surface area contributed by atoms with Gasteiger partial charge < -0.3 is 18.9 Å². The van der Waals surface area contributed by atoms with Gasteiger partial charge in [-0.1, -0.05) is 20.8 Å². The van der Waals surface area contributed by atoms with E-state index in [0.29, 0.717) is 5.75 Å². The molecule has 1 aromatic heterocycles. The van der Waals surface area contributed by atoms with Crippen molar-refractivity contribution in [1.29, 1.82) is 0 Å². The highest BCUT2D eigenvalue weighted by Gasteiger charge is 2.20. The minimum absolute atomic E-state index is 0.0960. The van der Waals surface area contributed by atoms with E-state index in [1.54, 1.807) is 13.2 Å². The molecule has 0 amide bonds. The Balaban J connectivity index is 2.37. The van der Waals surface area contributed by atoms with Crippen LogP contribution < -0.4 is 18.9 Å². The molecule has 0 radical (unpaired) electrons. The molecular weight excluding hydrogens is 298 g/mol. The van der Waals surface area contributed by atoms with E-state index < -0.39 is 0 Å². The van der Waals surface area contributed by atoms with Gasteiger partial charge in [0.2, 0.25) is 0 Å². The van der Waals surface area contributed by atoms with Gasteiger partial charge >= 0.3 is 18.0 Å². The SMILES string of the molecule is COc1nc(OC)nc(Oc2ccc(OC)c(C(C)(C)C)c2)n1. The first-order valence-corrected chi connectivity index (χ1v) is 7.08. The summed E-state index contributed by atoms with van der Waals surface area (Å²) in [5.41, 5.74) is 0.921. The number of aromatic nitrogens is 3. The second kappa shape index (κ2) is 6.68. The van der Waals surface area contributed by atoms with Crippen LogP contribution in [0.1, 0.15) is 26.3 Å². The number of rotatable bonds is 5. The van der Waals surface area contributed by atoms with E-state index in [-0.39, 0.29) is 23.4 Å². The van der Waals surface area contributed by atoms with Crippen LogP contribution in [-0.4, -0.2) is 36.3 Å². The van der Waals surface area contributed by atoms with Crippen LogP contribution in [0.5, 0.6) is 29.5 Å². The fourth-order valence-corrected chi connectivity index (χ4v) is 1.99. The average molecular weight is 319 g/mol. The fraction of sp³-hybridized carbons (Fsp3) is 0.438. The first kappa shape index (κ1) is 16.8. The molecule has 2 rings (SSSR count). The zero-order chi connectivity index (χ0) is 17.0. The topological polar surface area (TPSA) is 75.6 Å². The number of ether oxygens (including phenoxy) is 4. The first-order chi connectivity index (χ1) is 10.9. The maximum atomic E-state index is 5.72. The molecule has 7 heteroatoms. The molecule has 7 nitrogen and oxygen atoms in total. The van der Waals surface area contributed by atoms with Crippen molar-refractivity contribution in [3.05, 3.63) is 23.8 Å². The monoisotopic (exact) mass is 319 g/mol. The maximum absolute atomic E-state index is 5.72. The largest absolute Gasteiger partial charge is 0.496 e. The molecule has 0 aliphatic rings. The van der Waals surface area contributed by atoms with Gasteiger partial charge in [0.1, 0.15) is 11.5 Å². The van der Waals surface area contributed by atoms with Gasteiger partial charge in [0.25, 0.3) is 0 Å². The Kier molecular flexibility index (Phi) is 4.88.